The maximum Gasteiger partial charge on any atom is 0.273 e. The maximum absolute atomic E-state index is 12.6. The predicted molar refractivity (Wildman–Crippen MR) is 101 cm³/mol. The number of halogens is 1. The van der Waals surface area contributed by atoms with Gasteiger partial charge in [-0.15, -0.1) is 0 Å². The van der Waals surface area contributed by atoms with Crippen LogP contribution in [0.15, 0.2) is 36.4 Å². The quantitative estimate of drug-likeness (QED) is 0.601. The van der Waals surface area contributed by atoms with E-state index in [1.165, 1.54) is 50.2 Å². The fourth-order valence-corrected chi connectivity index (χ4v) is 2.69. The average molecular weight is 392 g/mol. The number of benzene rings is 2. The third kappa shape index (κ3) is 4.73. The molecule has 1 N–H and O–H groups in total. The Morgan fingerprint density at radius 1 is 1.30 bits per heavy atom. The van der Waals surface area contributed by atoms with E-state index in [-0.39, 0.29) is 23.4 Å². The minimum atomic E-state index is -0.551. The van der Waals surface area contributed by atoms with Crippen LogP contribution in [0, 0.1) is 17.0 Å². The predicted octanol–water partition coefficient (Wildman–Crippen LogP) is 3.28. The van der Waals surface area contributed by atoms with Crippen LogP contribution in [0.5, 0.6) is 5.75 Å². The van der Waals surface area contributed by atoms with Gasteiger partial charge < -0.3 is 15.0 Å². The number of nitrogens with zero attached hydrogens (tertiary/aromatic N) is 2. The highest BCUT2D eigenvalue weighted by Gasteiger charge is 2.22. The molecule has 2 amide bonds. The number of ether oxygens (including phenoxy) is 1. The lowest BCUT2D eigenvalue weighted by molar-refractivity contribution is -0.385. The molecule has 0 aliphatic heterocycles. The van der Waals surface area contributed by atoms with Gasteiger partial charge in [0.2, 0.25) is 5.91 Å². The molecule has 27 heavy (non-hydrogen) atoms. The number of hydrogen-bond donors (Lipinski definition) is 1. The van der Waals surface area contributed by atoms with Gasteiger partial charge in [-0.05, 0) is 31.2 Å². The van der Waals surface area contributed by atoms with E-state index >= 15 is 0 Å². The first-order valence-electron chi connectivity index (χ1n) is 7.87. The van der Waals surface area contributed by atoms with Gasteiger partial charge in [-0.25, -0.2) is 0 Å². The van der Waals surface area contributed by atoms with Crippen LogP contribution in [-0.2, 0) is 4.79 Å². The summed E-state index contributed by atoms with van der Waals surface area (Å²) >= 11 is 5.92. The number of anilines is 1. The number of hydrogen-bond acceptors (Lipinski definition) is 5. The summed E-state index contributed by atoms with van der Waals surface area (Å²) in [5, 5.41) is 14.1. The van der Waals surface area contributed by atoms with Gasteiger partial charge in [0.15, 0.2) is 0 Å². The molecule has 0 spiro atoms. The first-order chi connectivity index (χ1) is 12.7. The summed E-state index contributed by atoms with van der Waals surface area (Å²) in [5.41, 5.74) is 0.640. The number of nitrogens with one attached hydrogen (secondary N) is 1. The van der Waals surface area contributed by atoms with Gasteiger partial charge in [-0.1, -0.05) is 17.7 Å². The Morgan fingerprint density at radius 3 is 2.63 bits per heavy atom. The van der Waals surface area contributed by atoms with E-state index in [0.29, 0.717) is 16.5 Å². The van der Waals surface area contributed by atoms with Crippen LogP contribution < -0.4 is 10.1 Å². The molecular formula is C18H18ClN3O5. The topological polar surface area (TPSA) is 102 Å². The standard InChI is InChI=1S/C18H18ClN3O5/c1-11-13(5-4-6-15(11)22(25)26)18(24)21(2)10-17(23)20-14-9-12(19)7-8-16(14)27-3/h4-9H,10H2,1-3H3,(H,20,23). The number of carbonyl (C=O) groups is 2. The van der Waals surface area contributed by atoms with Gasteiger partial charge in [0.1, 0.15) is 5.75 Å². The van der Waals surface area contributed by atoms with Crippen LogP contribution in [0.1, 0.15) is 15.9 Å². The van der Waals surface area contributed by atoms with Crippen molar-refractivity contribution in [1.29, 1.82) is 0 Å². The van der Waals surface area contributed by atoms with Crippen molar-refractivity contribution >= 4 is 34.8 Å². The van der Waals surface area contributed by atoms with Crippen molar-refractivity contribution in [2.75, 3.05) is 26.0 Å². The molecule has 0 bridgehead atoms. The molecule has 2 rings (SSSR count). The number of likely N-dealkylation sites (N-methyl/N-ethyl adjacent to an activating group) is 1. The lowest BCUT2D eigenvalue weighted by Gasteiger charge is -2.18. The lowest BCUT2D eigenvalue weighted by atomic mass is 10.1. The van der Waals surface area contributed by atoms with E-state index in [1.807, 2.05) is 0 Å². The Bertz CT molecular complexity index is 901. The van der Waals surface area contributed by atoms with Crippen LogP contribution in [0.3, 0.4) is 0 Å². The molecule has 0 aliphatic carbocycles. The smallest absolute Gasteiger partial charge is 0.273 e. The minimum absolute atomic E-state index is 0.151. The molecule has 0 atom stereocenters. The number of nitro benzene ring substituents is 1. The normalized spacial score (nSPS) is 10.2. The van der Waals surface area contributed by atoms with E-state index in [4.69, 9.17) is 16.3 Å². The molecule has 0 fully saturated rings. The van der Waals surface area contributed by atoms with Gasteiger partial charge in [0.05, 0.1) is 24.3 Å². The molecule has 0 unspecified atom stereocenters. The third-order valence-corrected chi connectivity index (χ3v) is 4.13. The zero-order chi connectivity index (χ0) is 20.1. The molecule has 0 aliphatic rings. The summed E-state index contributed by atoms with van der Waals surface area (Å²) in [6, 6.07) is 9.01. The zero-order valence-electron chi connectivity index (χ0n) is 15.0. The number of rotatable bonds is 6. The molecule has 0 radical (unpaired) electrons. The Hall–Kier alpha value is -3.13. The summed E-state index contributed by atoms with van der Waals surface area (Å²) < 4.78 is 5.16. The van der Waals surface area contributed by atoms with Crippen molar-refractivity contribution in [2.24, 2.45) is 0 Å². The van der Waals surface area contributed by atoms with E-state index in [0.717, 1.165) is 0 Å². The van der Waals surface area contributed by atoms with Crippen molar-refractivity contribution in [3.05, 3.63) is 62.7 Å². The van der Waals surface area contributed by atoms with Crippen molar-refractivity contribution in [1.82, 2.24) is 4.90 Å². The summed E-state index contributed by atoms with van der Waals surface area (Å²) in [4.78, 5) is 36.5. The molecule has 2 aromatic rings. The second kappa shape index (κ2) is 8.50. The van der Waals surface area contributed by atoms with Crippen molar-refractivity contribution in [2.45, 2.75) is 6.92 Å². The fraction of sp³-hybridized carbons (Fsp3) is 0.222. The molecule has 8 nitrogen and oxygen atoms in total. The van der Waals surface area contributed by atoms with Crippen LogP contribution in [0.2, 0.25) is 5.02 Å². The van der Waals surface area contributed by atoms with Crippen molar-refractivity contribution < 1.29 is 19.2 Å². The Kier molecular flexibility index (Phi) is 6.36. The molecular weight excluding hydrogens is 374 g/mol. The summed E-state index contributed by atoms with van der Waals surface area (Å²) in [5.74, 6) is -0.532. The van der Waals surface area contributed by atoms with Crippen LogP contribution >= 0.6 is 11.6 Å². The molecule has 0 heterocycles. The van der Waals surface area contributed by atoms with E-state index in [2.05, 4.69) is 5.32 Å². The number of carbonyl (C=O) groups excluding carboxylic acids is 2. The Balaban J connectivity index is 2.13. The Labute approximate surface area is 160 Å². The summed E-state index contributed by atoms with van der Waals surface area (Å²) in [6.45, 7) is 1.24. The lowest BCUT2D eigenvalue weighted by Crippen LogP contribution is -2.35. The molecule has 142 valence electrons. The first kappa shape index (κ1) is 20.2. The second-order valence-electron chi connectivity index (χ2n) is 5.76. The highest BCUT2D eigenvalue weighted by atomic mass is 35.5. The third-order valence-electron chi connectivity index (χ3n) is 3.90. The SMILES string of the molecule is COc1ccc(Cl)cc1NC(=O)CN(C)C(=O)c1cccc([N+](=O)[O-])c1C. The fourth-order valence-electron chi connectivity index (χ4n) is 2.51. The molecule has 2 aromatic carbocycles. The largest absolute Gasteiger partial charge is 0.495 e. The van der Waals surface area contributed by atoms with Gasteiger partial charge in [0, 0.05) is 29.3 Å². The number of methoxy groups -OCH3 is 1. The highest BCUT2D eigenvalue weighted by molar-refractivity contribution is 6.31. The van der Waals surface area contributed by atoms with Crippen LogP contribution in [0.4, 0.5) is 11.4 Å². The highest BCUT2D eigenvalue weighted by Crippen LogP contribution is 2.27. The molecule has 0 saturated carbocycles. The average Bonchev–Trinajstić information content (AvgIpc) is 2.61. The molecule has 9 heteroatoms. The van der Waals surface area contributed by atoms with Gasteiger partial charge in [-0.3, -0.25) is 19.7 Å². The molecule has 0 aromatic heterocycles. The van der Waals surface area contributed by atoms with Crippen molar-refractivity contribution in [3.8, 4) is 5.75 Å². The van der Waals surface area contributed by atoms with Crippen LogP contribution in [0.25, 0.3) is 0 Å². The summed E-state index contributed by atoms with van der Waals surface area (Å²) in [6.07, 6.45) is 0. The van der Waals surface area contributed by atoms with Crippen LogP contribution in [-0.4, -0.2) is 42.3 Å². The summed E-state index contributed by atoms with van der Waals surface area (Å²) in [7, 11) is 2.90. The first-order valence-corrected chi connectivity index (χ1v) is 8.25. The Morgan fingerprint density at radius 2 is 2.00 bits per heavy atom. The minimum Gasteiger partial charge on any atom is -0.495 e. The van der Waals surface area contributed by atoms with Crippen molar-refractivity contribution in [3.63, 3.8) is 0 Å². The zero-order valence-corrected chi connectivity index (χ0v) is 15.7. The maximum atomic E-state index is 12.6. The van der Waals surface area contributed by atoms with E-state index in [9.17, 15) is 19.7 Å². The monoisotopic (exact) mass is 391 g/mol. The molecule has 0 saturated heterocycles. The van der Waals surface area contributed by atoms with E-state index < -0.39 is 16.7 Å². The van der Waals surface area contributed by atoms with Gasteiger partial charge in [-0.2, -0.15) is 0 Å². The number of amides is 2. The van der Waals surface area contributed by atoms with Gasteiger partial charge in [0.25, 0.3) is 11.6 Å². The van der Waals surface area contributed by atoms with Gasteiger partial charge >= 0.3 is 0 Å². The second-order valence-corrected chi connectivity index (χ2v) is 6.20. The van der Waals surface area contributed by atoms with E-state index in [1.54, 1.807) is 12.1 Å². The number of nitro groups is 1.